The number of rotatable bonds is 12. The van der Waals surface area contributed by atoms with Gasteiger partial charge in [0, 0.05) is 0 Å². The highest BCUT2D eigenvalue weighted by atomic mass is 14.1. The summed E-state index contributed by atoms with van der Waals surface area (Å²) in [6, 6.07) is 0. The Labute approximate surface area is 123 Å². The van der Waals surface area contributed by atoms with Crippen LogP contribution in [0.5, 0.6) is 0 Å². The number of hydrogen-bond acceptors (Lipinski definition) is 0. The summed E-state index contributed by atoms with van der Waals surface area (Å²) in [5.41, 5.74) is 0. The third kappa shape index (κ3) is 12.8. The SMILES string of the molecule is CC(C)CCCCCC(C)CCCCC(C)C(C)C. The van der Waals surface area contributed by atoms with E-state index in [4.69, 9.17) is 0 Å². The van der Waals surface area contributed by atoms with Crippen molar-refractivity contribution in [3.63, 3.8) is 0 Å². The molecular weight excluding hydrogens is 228 g/mol. The molecule has 0 amide bonds. The predicted molar refractivity (Wildman–Crippen MR) is 89.6 cm³/mol. The van der Waals surface area contributed by atoms with Crippen LogP contribution in [0, 0.1) is 23.7 Å². The molecule has 0 radical (unpaired) electrons. The van der Waals surface area contributed by atoms with Crippen LogP contribution >= 0.6 is 0 Å². The highest BCUT2D eigenvalue weighted by Crippen LogP contribution is 2.21. The Morgan fingerprint density at radius 1 is 0.526 bits per heavy atom. The molecule has 0 N–H and O–H groups in total. The van der Waals surface area contributed by atoms with E-state index in [0.29, 0.717) is 0 Å². The van der Waals surface area contributed by atoms with Crippen molar-refractivity contribution in [1.29, 1.82) is 0 Å². The molecule has 2 atom stereocenters. The molecule has 0 aliphatic carbocycles. The lowest BCUT2D eigenvalue weighted by Gasteiger charge is -2.16. The summed E-state index contributed by atoms with van der Waals surface area (Å²) in [5.74, 6) is 3.61. The third-order valence-corrected chi connectivity index (χ3v) is 4.72. The summed E-state index contributed by atoms with van der Waals surface area (Å²) < 4.78 is 0. The van der Waals surface area contributed by atoms with Crippen molar-refractivity contribution in [2.45, 2.75) is 99.3 Å². The van der Waals surface area contributed by atoms with Gasteiger partial charge in [0.05, 0.1) is 0 Å². The minimum Gasteiger partial charge on any atom is -0.0628 e. The van der Waals surface area contributed by atoms with Crippen molar-refractivity contribution in [2.75, 3.05) is 0 Å². The lowest BCUT2D eigenvalue weighted by molar-refractivity contribution is 0.362. The van der Waals surface area contributed by atoms with Gasteiger partial charge in [-0.15, -0.1) is 0 Å². The molecule has 0 saturated heterocycles. The first-order valence-corrected chi connectivity index (χ1v) is 8.93. The molecule has 19 heavy (non-hydrogen) atoms. The molecule has 0 aromatic carbocycles. The maximum Gasteiger partial charge on any atom is -0.0420 e. The molecule has 0 heteroatoms. The topological polar surface area (TPSA) is 0 Å². The first kappa shape index (κ1) is 19.0. The number of hydrogen-bond donors (Lipinski definition) is 0. The highest BCUT2D eigenvalue weighted by Gasteiger charge is 2.07. The van der Waals surface area contributed by atoms with Gasteiger partial charge in [-0.25, -0.2) is 0 Å². The molecule has 0 nitrogen and oxygen atoms in total. The Hall–Kier alpha value is 0. The lowest BCUT2D eigenvalue weighted by atomic mass is 9.90. The molecule has 0 rings (SSSR count). The van der Waals surface area contributed by atoms with Crippen molar-refractivity contribution < 1.29 is 0 Å². The van der Waals surface area contributed by atoms with E-state index in [1.807, 2.05) is 0 Å². The van der Waals surface area contributed by atoms with Gasteiger partial charge in [-0.1, -0.05) is 99.3 Å². The number of unbranched alkanes of at least 4 members (excludes halogenated alkanes) is 3. The van der Waals surface area contributed by atoms with Gasteiger partial charge in [-0.3, -0.25) is 0 Å². The summed E-state index contributed by atoms with van der Waals surface area (Å²) in [4.78, 5) is 0. The quantitative estimate of drug-likeness (QED) is 0.332. The van der Waals surface area contributed by atoms with Gasteiger partial charge < -0.3 is 0 Å². The van der Waals surface area contributed by atoms with Gasteiger partial charge in [0.1, 0.15) is 0 Å². The summed E-state index contributed by atoms with van der Waals surface area (Å²) in [5, 5.41) is 0. The van der Waals surface area contributed by atoms with E-state index < -0.39 is 0 Å². The van der Waals surface area contributed by atoms with E-state index in [9.17, 15) is 0 Å². The summed E-state index contributed by atoms with van der Waals surface area (Å²) in [7, 11) is 0. The van der Waals surface area contributed by atoms with Gasteiger partial charge in [0.15, 0.2) is 0 Å². The molecule has 0 aliphatic heterocycles. The average Bonchev–Trinajstić information content (AvgIpc) is 2.33. The van der Waals surface area contributed by atoms with Crippen molar-refractivity contribution in [3.8, 4) is 0 Å². The molecule has 0 aromatic rings. The van der Waals surface area contributed by atoms with Crippen LogP contribution in [0.1, 0.15) is 99.3 Å². The van der Waals surface area contributed by atoms with Crippen molar-refractivity contribution in [2.24, 2.45) is 23.7 Å². The van der Waals surface area contributed by atoms with Crippen molar-refractivity contribution in [1.82, 2.24) is 0 Å². The van der Waals surface area contributed by atoms with E-state index in [1.54, 1.807) is 0 Å². The second-order valence-electron chi connectivity index (χ2n) is 7.64. The Morgan fingerprint density at radius 3 is 1.53 bits per heavy atom. The van der Waals surface area contributed by atoms with E-state index in [2.05, 4.69) is 41.5 Å². The molecule has 0 saturated carbocycles. The standard InChI is InChI=1S/C19H40/c1-16(2)12-8-7-9-13-18(5)14-10-11-15-19(6)17(3)4/h16-19H,7-15H2,1-6H3. The molecule has 0 aromatic heterocycles. The Bertz CT molecular complexity index is 180. The van der Waals surface area contributed by atoms with Crippen LogP contribution < -0.4 is 0 Å². The second kappa shape index (κ2) is 11.8. The normalized spacial score (nSPS) is 15.2. The largest absolute Gasteiger partial charge is 0.0628 e. The fraction of sp³-hybridized carbons (Fsp3) is 1.00. The van der Waals surface area contributed by atoms with Gasteiger partial charge in [-0.05, 0) is 23.7 Å². The molecule has 2 unspecified atom stereocenters. The lowest BCUT2D eigenvalue weighted by Crippen LogP contribution is -2.04. The van der Waals surface area contributed by atoms with Crippen molar-refractivity contribution in [3.05, 3.63) is 0 Å². The van der Waals surface area contributed by atoms with Crippen LogP contribution in [0.2, 0.25) is 0 Å². The highest BCUT2D eigenvalue weighted by molar-refractivity contribution is 4.60. The van der Waals surface area contributed by atoms with Crippen LogP contribution in [0.15, 0.2) is 0 Å². The maximum absolute atomic E-state index is 2.45. The molecule has 0 fully saturated rings. The van der Waals surface area contributed by atoms with E-state index >= 15 is 0 Å². The molecule has 116 valence electrons. The van der Waals surface area contributed by atoms with Crippen LogP contribution in [-0.4, -0.2) is 0 Å². The van der Waals surface area contributed by atoms with Gasteiger partial charge in [-0.2, -0.15) is 0 Å². The summed E-state index contributed by atoms with van der Waals surface area (Å²) in [6.45, 7) is 14.2. The van der Waals surface area contributed by atoms with Crippen molar-refractivity contribution >= 4 is 0 Å². The molecule has 0 bridgehead atoms. The average molecular weight is 269 g/mol. The van der Waals surface area contributed by atoms with E-state index in [0.717, 1.165) is 23.7 Å². The zero-order valence-electron chi connectivity index (χ0n) is 14.7. The van der Waals surface area contributed by atoms with Gasteiger partial charge >= 0.3 is 0 Å². The Morgan fingerprint density at radius 2 is 1.00 bits per heavy atom. The van der Waals surface area contributed by atoms with E-state index in [-0.39, 0.29) is 0 Å². The minimum atomic E-state index is 0.860. The third-order valence-electron chi connectivity index (χ3n) is 4.72. The van der Waals surface area contributed by atoms with Crippen LogP contribution in [0.25, 0.3) is 0 Å². The molecule has 0 aliphatic rings. The van der Waals surface area contributed by atoms with E-state index in [1.165, 1.54) is 57.8 Å². The predicted octanol–water partition coefficient (Wildman–Crippen LogP) is 7.08. The van der Waals surface area contributed by atoms with Gasteiger partial charge in [0.2, 0.25) is 0 Å². The zero-order valence-corrected chi connectivity index (χ0v) is 14.7. The van der Waals surface area contributed by atoms with Crippen LogP contribution in [0.4, 0.5) is 0 Å². The van der Waals surface area contributed by atoms with Gasteiger partial charge in [0.25, 0.3) is 0 Å². The van der Waals surface area contributed by atoms with Crippen LogP contribution in [0.3, 0.4) is 0 Å². The smallest absolute Gasteiger partial charge is 0.0420 e. The molecule has 0 heterocycles. The monoisotopic (exact) mass is 268 g/mol. The summed E-state index contributed by atoms with van der Waals surface area (Å²) in [6.07, 6.45) is 13.0. The first-order chi connectivity index (χ1) is 8.93. The molecular formula is C19H40. The zero-order chi connectivity index (χ0) is 14.7. The Balaban J connectivity index is 3.32. The Kier molecular flexibility index (Phi) is 11.8. The second-order valence-corrected chi connectivity index (χ2v) is 7.64. The maximum atomic E-state index is 2.45. The fourth-order valence-electron chi connectivity index (χ4n) is 2.66. The molecule has 0 spiro atoms. The minimum absolute atomic E-state index is 0.860. The summed E-state index contributed by atoms with van der Waals surface area (Å²) >= 11 is 0. The first-order valence-electron chi connectivity index (χ1n) is 8.93. The van der Waals surface area contributed by atoms with Crippen LogP contribution in [-0.2, 0) is 0 Å². The fourth-order valence-corrected chi connectivity index (χ4v) is 2.66.